The summed E-state index contributed by atoms with van der Waals surface area (Å²) in [6.45, 7) is 2.45. The Morgan fingerprint density at radius 3 is 2.67 bits per heavy atom. The molecule has 2 aromatic rings. The standard InChI is InChI=1S/C18H22N4O2/c1-21(18(23)15-11-13-7-9-22(15)10-8-13)12-16-19-20-17(24-16)14-5-3-2-4-6-14/h2-6,13,15H,7-12H2,1H3. The van der Waals surface area contributed by atoms with Crippen LogP contribution in [0.15, 0.2) is 34.7 Å². The van der Waals surface area contributed by atoms with Crippen molar-refractivity contribution in [3.8, 4) is 11.5 Å². The van der Waals surface area contributed by atoms with Gasteiger partial charge in [0.25, 0.3) is 0 Å². The van der Waals surface area contributed by atoms with Gasteiger partial charge in [-0.3, -0.25) is 9.69 Å². The summed E-state index contributed by atoms with van der Waals surface area (Å²) in [5, 5.41) is 8.17. The third-order valence-electron chi connectivity index (χ3n) is 5.17. The monoisotopic (exact) mass is 326 g/mol. The average molecular weight is 326 g/mol. The van der Waals surface area contributed by atoms with Crippen molar-refractivity contribution in [3.05, 3.63) is 36.2 Å². The summed E-state index contributed by atoms with van der Waals surface area (Å²) < 4.78 is 5.71. The molecule has 1 unspecified atom stereocenters. The van der Waals surface area contributed by atoms with Crippen molar-refractivity contribution in [2.75, 3.05) is 20.1 Å². The minimum atomic E-state index is 0.0269. The molecule has 5 rings (SSSR count). The molecule has 1 aromatic carbocycles. The largest absolute Gasteiger partial charge is 0.419 e. The van der Waals surface area contributed by atoms with Crippen LogP contribution in [-0.2, 0) is 11.3 Å². The van der Waals surface area contributed by atoms with Gasteiger partial charge in [0.2, 0.25) is 17.7 Å². The molecule has 0 radical (unpaired) electrons. The molecule has 2 bridgehead atoms. The zero-order chi connectivity index (χ0) is 16.5. The summed E-state index contributed by atoms with van der Waals surface area (Å²) in [7, 11) is 1.82. The van der Waals surface area contributed by atoms with E-state index < -0.39 is 0 Å². The van der Waals surface area contributed by atoms with Crippen LogP contribution in [0.25, 0.3) is 11.5 Å². The van der Waals surface area contributed by atoms with E-state index in [1.807, 2.05) is 37.4 Å². The van der Waals surface area contributed by atoms with E-state index >= 15 is 0 Å². The van der Waals surface area contributed by atoms with Gasteiger partial charge in [-0.05, 0) is 50.4 Å². The van der Waals surface area contributed by atoms with Crippen LogP contribution in [0.1, 0.15) is 25.2 Å². The van der Waals surface area contributed by atoms with Crippen molar-refractivity contribution in [3.63, 3.8) is 0 Å². The van der Waals surface area contributed by atoms with E-state index in [0.29, 0.717) is 24.2 Å². The van der Waals surface area contributed by atoms with Gasteiger partial charge >= 0.3 is 0 Å². The Kier molecular flexibility index (Phi) is 4.06. The number of benzene rings is 1. The molecule has 3 aliphatic rings. The smallest absolute Gasteiger partial charge is 0.247 e. The molecule has 126 valence electrons. The van der Waals surface area contributed by atoms with E-state index in [1.165, 1.54) is 12.8 Å². The Labute approximate surface area is 141 Å². The Morgan fingerprint density at radius 2 is 2.00 bits per heavy atom. The van der Waals surface area contributed by atoms with Crippen molar-refractivity contribution in [2.24, 2.45) is 5.92 Å². The maximum absolute atomic E-state index is 12.8. The number of piperidine rings is 3. The van der Waals surface area contributed by atoms with Crippen molar-refractivity contribution >= 4 is 5.91 Å². The lowest BCUT2D eigenvalue weighted by Gasteiger charge is -2.45. The van der Waals surface area contributed by atoms with Gasteiger partial charge in [0.15, 0.2) is 0 Å². The first kappa shape index (κ1) is 15.3. The van der Waals surface area contributed by atoms with Crippen molar-refractivity contribution in [2.45, 2.75) is 31.8 Å². The van der Waals surface area contributed by atoms with Gasteiger partial charge in [0.1, 0.15) is 0 Å². The van der Waals surface area contributed by atoms with Crippen LogP contribution in [0.5, 0.6) is 0 Å². The summed E-state index contributed by atoms with van der Waals surface area (Å²) >= 11 is 0. The molecule has 0 N–H and O–H groups in total. The first-order valence-electron chi connectivity index (χ1n) is 8.57. The highest BCUT2D eigenvalue weighted by molar-refractivity contribution is 5.81. The molecule has 1 atom stereocenters. The summed E-state index contributed by atoms with van der Waals surface area (Å²) in [5.74, 6) is 1.84. The van der Waals surface area contributed by atoms with Crippen molar-refractivity contribution in [1.82, 2.24) is 20.0 Å². The Hall–Kier alpha value is -2.21. The predicted molar refractivity (Wildman–Crippen MR) is 88.9 cm³/mol. The van der Waals surface area contributed by atoms with E-state index in [9.17, 15) is 4.79 Å². The second kappa shape index (κ2) is 6.36. The zero-order valence-electron chi connectivity index (χ0n) is 13.9. The molecule has 1 amide bonds. The number of hydrogen-bond donors (Lipinski definition) is 0. The number of carbonyl (C=O) groups excluding carboxylic acids is 1. The molecule has 3 fully saturated rings. The van der Waals surface area contributed by atoms with Gasteiger partial charge < -0.3 is 9.32 Å². The first-order valence-corrected chi connectivity index (χ1v) is 8.57. The van der Waals surface area contributed by atoms with Gasteiger partial charge in [-0.2, -0.15) is 0 Å². The van der Waals surface area contributed by atoms with Crippen molar-refractivity contribution in [1.29, 1.82) is 0 Å². The lowest BCUT2D eigenvalue weighted by Crippen LogP contribution is -2.55. The van der Waals surface area contributed by atoms with E-state index in [2.05, 4.69) is 15.1 Å². The molecule has 0 aliphatic carbocycles. The van der Waals surface area contributed by atoms with Gasteiger partial charge in [-0.15, -0.1) is 10.2 Å². The van der Waals surface area contributed by atoms with Crippen LogP contribution < -0.4 is 0 Å². The zero-order valence-corrected chi connectivity index (χ0v) is 13.9. The molecule has 4 heterocycles. The second-order valence-corrected chi connectivity index (χ2v) is 6.79. The minimum absolute atomic E-state index is 0.0269. The highest BCUT2D eigenvalue weighted by Crippen LogP contribution is 2.32. The maximum Gasteiger partial charge on any atom is 0.247 e. The average Bonchev–Trinajstić information content (AvgIpc) is 3.11. The fourth-order valence-electron chi connectivity index (χ4n) is 3.77. The fourth-order valence-corrected chi connectivity index (χ4v) is 3.77. The number of aromatic nitrogens is 2. The summed E-state index contributed by atoms with van der Waals surface area (Å²) in [6.07, 6.45) is 3.46. The van der Waals surface area contributed by atoms with E-state index in [0.717, 1.165) is 25.1 Å². The van der Waals surface area contributed by atoms with Crippen molar-refractivity contribution < 1.29 is 9.21 Å². The van der Waals surface area contributed by atoms with Crippen LogP contribution in [0.3, 0.4) is 0 Å². The quantitative estimate of drug-likeness (QED) is 0.862. The number of fused-ring (bicyclic) bond motifs is 3. The first-order chi connectivity index (χ1) is 11.7. The Bertz CT molecular complexity index is 707. The summed E-state index contributed by atoms with van der Waals surface area (Å²) in [5.41, 5.74) is 0.890. The normalized spacial score (nSPS) is 25.6. The van der Waals surface area contributed by atoms with Gasteiger partial charge in [-0.1, -0.05) is 18.2 Å². The highest BCUT2D eigenvalue weighted by Gasteiger charge is 2.38. The number of carbonyl (C=O) groups is 1. The van der Waals surface area contributed by atoms with Crippen LogP contribution in [0, 0.1) is 5.92 Å². The summed E-state index contributed by atoms with van der Waals surface area (Å²) in [6, 6.07) is 9.69. The van der Waals surface area contributed by atoms with Crippen LogP contribution in [0.4, 0.5) is 0 Å². The molecule has 24 heavy (non-hydrogen) atoms. The minimum Gasteiger partial charge on any atom is -0.419 e. The number of rotatable bonds is 4. The predicted octanol–water partition coefficient (Wildman–Crippen LogP) is 2.18. The molecule has 3 aliphatic heterocycles. The molecule has 0 saturated carbocycles. The number of likely N-dealkylation sites (N-methyl/N-ethyl adjacent to an activating group) is 1. The Balaban J connectivity index is 1.42. The van der Waals surface area contributed by atoms with Crippen LogP contribution in [0.2, 0.25) is 0 Å². The molecular formula is C18H22N4O2. The second-order valence-electron chi connectivity index (χ2n) is 6.79. The maximum atomic E-state index is 12.8. The Morgan fingerprint density at radius 1 is 1.25 bits per heavy atom. The molecular weight excluding hydrogens is 304 g/mol. The van der Waals surface area contributed by atoms with E-state index in [1.54, 1.807) is 4.90 Å². The number of amides is 1. The molecule has 6 heteroatoms. The van der Waals surface area contributed by atoms with E-state index in [-0.39, 0.29) is 11.9 Å². The number of hydrogen-bond acceptors (Lipinski definition) is 5. The molecule has 6 nitrogen and oxygen atoms in total. The summed E-state index contributed by atoms with van der Waals surface area (Å²) in [4.78, 5) is 16.8. The van der Waals surface area contributed by atoms with Crippen LogP contribution in [-0.4, -0.2) is 52.1 Å². The van der Waals surface area contributed by atoms with Crippen LogP contribution >= 0.6 is 0 Å². The molecule has 0 spiro atoms. The lowest BCUT2D eigenvalue weighted by atomic mass is 9.83. The van der Waals surface area contributed by atoms with Gasteiger partial charge in [-0.25, -0.2) is 0 Å². The molecule has 3 saturated heterocycles. The lowest BCUT2D eigenvalue weighted by molar-refractivity contribution is -0.140. The fraction of sp³-hybridized carbons (Fsp3) is 0.500. The number of nitrogens with zero attached hydrogens (tertiary/aromatic N) is 4. The van der Waals surface area contributed by atoms with E-state index in [4.69, 9.17) is 4.42 Å². The molecule has 1 aromatic heterocycles. The van der Waals surface area contributed by atoms with Gasteiger partial charge in [0.05, 0.1) is 12.6 Å². The SMILES string of the molecule is CN(Cc1nnc(-c2ccccc2)o1)C(=O)C1CC2CCN1CC2. The topological polar surface area (TPSA) is 62.5 Å². The third kappa shape index (κ3) is 2.94. The van der Waals surface area contributed by atoms with Gasteiger partial charge in [0, 0.05) is 12.6 Å². The highest BCUT2D eigenvalue weighted by atomic mass is 16.4. The third-order valence-corrected chi connectivity index (χ3v) is 5.17.